The Balaban J connectivity index is 1.93. The second-order valence-electron chi connectivity index (χ2n) is 4.61. The Morgan fingerprint density at radius 2 is 2.53 bits per heavy atom. The van der Waals surface area contributed by atoms with E-state index < -0.39 is 5.60 Å². The Morgan fingerprint density at radius 3 is 3.06 bits per heavy atom. The second-order valence-corrected chi connectivity index (χ2v) is 5.82. The average Bonchev–Trinajstić information content (AvgIpc) is 2.84. The summed E-state index contributed by atoms with van der Waals surface area (Å²) in [5, 5.41) is 12.5. The van der Waals surface area contributed by atoms with Crippen LogP contribution in [0.4, 0.5) is 0 Å². The first-order chi connectivity index (χ1) is 8.00. The van der Waals surface area contributed by atoms with Crippen molar-refractivity contribution in [2.45, 2.75) is 31.2 Å². The first kappa shape index (κ1) is 12.8. The molecule has 6 heteroatoms. The van der Waals surface area contributed by atoms with Crippen LogP contribution < -0.4 is 0 Å². The molecular formula is C11H15ClN2O2S. The van der Waals surface area contributed by atoms with Crippen LogP contribution in [0.3, 0.4) is 0 Å². The summed E-state index contributed by atoms with van der Waals surface area (Å²) >= 11 is 7.11. The van der Waals surface area contributed by atoms with E-state index in [9.17, 15) is 9.90 Å². The summed E-state index contributed by atoms with van der Waals surface area (Å²) in [7, 11) is 0. The van der Waals surface area contributed by atoms with Crippen LogP contribution in [-0.4, -0.2) is 39.6 Å². The lowest BCUT2D eigenvalue weighted by Crippen LogP contribution is -2.34. The fraction of sp³-hybridized carbons (Fsp3) is 0.636. The van der Waals surface area contributed by atoms with Crippen molar-refractivity contribution in [1.82, 2.24) is 9.88 Å². The number of alkyl halides is 1. The van der Waals surface area contributed by atoms with E-state index in [0.29, 0.717) is 31.8 Å². The molecule has 4 nitrogen and oxygen atoms in total. The molecule has 0 spiro atoms. The Labute approximate surface area is 109 Å². The summed E-state index contributed by atoms with van der Waals surface area (Å²) in [5.74, 6) is 0.404. The lowest BCUT2D eigenvalue weighted by atomic mass is 10.1. The minimum absolute atomic E-state index is 0.0262. The molecule has 2 rings (SSSR count). The summed E-state index contributed by atoms with van der Waals surface area (Å²) in [5.41, 5.74) is 0.0766. The van der Waals surface area contributed by atoms with E-state index in [1.165, 1.54) is 11.3 Å². The molecule has 0 bridgehead atoms. The van der Waals surface area contributed by atoms with Gasteiger partial charge in [0.2, 0.25) is 5.91 Å². The molecule has 1 amide bonds. The quantitative estimate of drug-likeness (QED) is 0.848. The number of hydrogen-bond donors (Lipinski definition) is 1. The van der Waals surface area contributed by atoms with Gasteiger partial charge in [0.1, 0.15) is 5.01 Å². The van der Waals surface area contributed by atoms with Gasteiger partial charge in [0, 0.05) is 18.5 Å². The molecule has 1 saturated heterocycles. The van der Waals surface area contributed by atoms with E-state index in [4.69, 9.17) is 11.6 Å². The van der Waals surface area contributed by atoms with Crippen LogP contribution in [0.25, 0.3) is 0 Å². The van der Waals surface area contributed by atoms with Gasteiger partial charge in [0.25, 0.3) is 0 Å². The van der Waals surface area contributed by atoms with Crippen LogP contribution >= 0.6 is 22.9 Å². The molecule has 1 aliphatic heterocycles. The highest BCUT2D eigenvalue weighted by Gasteiger charge is 2.33. The van der Waals surface area contributed by atoms with Crippen LogP contribution in [0.2, 0.25) is 0 Å². The van der Waals surface area contributed by atoms with E-state index in [1.54, 1.807) is 11.8 Å². The van der Waals surface area contributed by atoms with Crippen molar-refractivity contribution in [3.8, 4) is 0 Å². The molecule has 2 heterocycles. The minimum atomic E-state index is -0.736. The summed E-state index contributed by atoms with van der Waals surface area (Å²) in [6.07, 6.45) is 0.946. The molecule has 1 aliphatic rings. The van der Waals surface area contributed by atoms with E-state index in [2.05, 4.69) is 4.98 Å². The predicted molar refractivity (Wildman–Crippen MR) is 67.2 cm³/mol. The molecular weight excluding hydrogens is 260 g/mol. The number of aromatic nitrogens is 1. The zero-order valence-corrected chi connectivity index (χ0v) is 11.2. The van der Waals surface area contributed by atoms with E-state index in [1.807, 2.05) is 5.38 Å². The van der Waals surface area contributed by atoms with Gasteiger partial charge in [-0.2, -0.15) is 0 Å². The van der Waals surface area contributed by atoms with Gasteiger partial charge in [-0.3, -0.25) is 4.79 Å². The van der Waals surface area contributed by atoms with Gasteiger partial charge in [-0.25, -0.2) is 4.98 Å². The molecule has 1 N–H and O–H groups in total. The summed E-state index contributed by atoms with van der Waals surface area (Å²) in [6, 6.07) is 0. The number of thiazole rings is 1. The average molecular weight is 275 g/mol. The van der Waals surface area contributed by atoms with Crippen LogP contribution in [0.5, 0.6) is 0 Å². The van der Waals surface area contributed by atoms with Crippen molar-refractivity contribution in [3.05, 3.63) is 16.1 Å². The van der Waals surface area contributed by atoms with Crippen molar-refractivity contribution in [2.75, 3.05) is 13.1 Å². The molecule has 1 aromatic heterocycles. The monoisotopic (exact) mass is 274 g/mol. The van der Waals surface area contributed by atoms with Crippen LogP contribution in [0.15, 0.2) is 5.38 Å². The zero-order chi connectivity index (χ0) is 12.5. The largest absolute Gasteiger partial charge is 0.388 e. The molecule has 1 atom stereocenters. The van der Waals surface area contributed by atoms with Crippen LogP contribution in [0, 0.1) is 0 Å². The summed E-state index contributed by atoms with van der Waals surface area (Å²) in [6.45, 7) is 2.80. The maximum absolute atomic E-state index is 11.9. The van der Waals surface area contributed by atoms with Crippen molar-refractivity contribution >= 4 is 28.8 Å². The van der Waals surface area contributed by atoms with Gasteiger partial charge >= 0.3 is 0 Å². The van der Waals surface area contributed by atoms with Gasteiger partial charge < -0.3 is 10.0 Å². The van der Waals surface area contributed by atoms with Crippen LogP contribution in [0.1, 0.15) is 24.0 Å². The normalized spacial score (nSPS) is 24.3. The van der Waals surface area contributed by atoms with Gasteiger partial charge in [-0.1, -0.05) is 0 Å². The molecule has 94 valence electrons. The fourth-order valence-electron chi connectivity index (χ4n) is 1.89. The van der Waals surface area contributed by atoms with E-state index in [-0.39, 0.29) is 5.91 Å². The number of likely N-dealkylation sites (tertiary alicyclic amines) is 1. The maximum atomic E-state index is 11.9. The standard InChI is InChI=1S/C11H15ClN2O2S/c1-11(16)2-3-14(7-11)10(15)4-9-13-8(5-12)6-17-9/h6,16H,2-5,7H2,1H3. The third-order valence-corrected chi connectivity index (χ3v) is 4.01. The Morgan fingerprint density at radius 1 is 1.76 bits per heavy atom. The number of nitrogens with zero attached hydrogens (tertiary/aromatic N) is 2. The molecule has 0 aromatic carbocycles. The number of β-amino-alcohol motifs (C(OH)–C–C–N with tert-alkyl or cyclic N) is 1. The molecule has 17 heavy (non-hydrogen) atoms. The maximum Gasteiger partial charge on any atom is 0.229 e. The predicted octanol–water partition coefficient (Wildman–Crippen LogP) is 1.41. The molecule has 0 aliphatic carbocycles. The third-order valence-electron chi connectivity index (χ3n) is 2.84. The Kier molecular flexibility index (Phi) is 3.70. The highest BCUT2D eigenvalue weighted by Crippen LogP contribution is 2.21. The second kappa shape index (κ2) is 4.92. The van der Waals surface area contributed by atoms with Crippen LogP contribution in [-0.2, 0) is 17.1 Å². The lowest BCUT2D eigenvalue weighted by molar-refractivity contribution is -0.130. The lowest BCUT2D eigenvalue weighted by Gasteiger charge is -2.18. The van der Waals surface area contributed by atoms with Crippen molar-refractivity contribution in [2.24, 2.45) is 0 Å². The highest BCUT2D eigenvalue weighted by molar-refractivity contribution is 7.09. The molecule has 1 aromatic rings. The fourth-order valence-corrected chi connectivity index (χ4v) is 2.90. The molecule has 0 radical (unpaired) electrons. The number of hydrogen-bond acceptors (Lipinski definition) is 4. The number of halogens is 1. The van der Waals surface area contributed by atoms with Gasteiger partial charge in [0.15, 0.2) is 0 Å². The molecule has 1 fully saturated rings. The third kappa shape index (κ3) is 3.18. The van der Waals surface area contributed by atoms with Gasteiger partial charge in [0.05, 0.1) is 23.6 Å². The molecule has 0 saturated carbocycles. The van der Waals surface area contributed by atoms with Gasteiger partial charge in [-0.05, 0) is 13.3 Å². The Bertz CT molecular complexity index is 419. The Hall–Kier alpha value is -0.650. The first-order valence-electron chi connectivity index (χ1n) is 5.49. The minimum Gasteiger partial charge on any atom is -0.388 e. The number of aliphatic hydroxyl groups is 1. The zero-order valence-electron chi connectivity index (χ0n) is 9.65. The van der Waals surface area contributed by atoms with Crippen molar-refractivity contribution < 1.29 is 9.90 Å². The van der Waals surface area contributed by atoms with E-state index >= 15 is 0 Å². The van der Waals surface area contributed by atoms with Gasteiger partial charge in [-0.15, -0.1) is 22.9 Å². The molecule has 1 unspecified atom stereocenters. The first-order valence-corrected chi connectivity index (χ1v) is 6.91. The SMILES string of the molecule is CC1(O)CCN(C(=O)Cc2nc(CCl)cs2)C1. The van der Waals surface area contributed by atoms with E-state index in [0.717, 1.165) is 10.7 Å². The number of rotatable bonds is 3. The summed E-state index contributed by atoms with van der Waals surface area (Å²) < 4.78 is 0. The van der Waals surface area contributed by atoms with Crippen molar-refractivity contribution in [1.29, 1.82) is 0 Å². The smallest absolute Gasteiger partial charge is 0.229 e. The van der Waals surface area contributed by atoms with Crippen molar-refractivity contribution in [3.63, 3.8) is 0 Å². The number of carbonyl (C=O) groups is 1. The highest BCUT2D eigenvalue weighted by atomic mass is 35.5. The topological polar surface area (TPSA) is 53.4 Å². The number of amides is 1. The number of carbonyl (C=O) groups excluding carboxylic acids is 1. The summed E-state index contributed by atoms with van der Waals surface area (Å²) in [4.78, 5) is 17.9.